The molecule has 0 amide bonds. The van der Waals surface area contributed by atoms with Crippen molar-refractivity contribution in [2.75, 3.05) is 6.61 Å². The Morgan fingerprint density at radius 3 is 1.88 bits per heavy atom. The zero-order valence-corrected chi connectivity index (χ0v) is 9.85. The molecule has 4 rings (SSSR count). The van der Waals surface area contributed by atoms with Gasteiger partial charge in [-0.2, -0.15) is 8.78 Å². The van der Waals surface area contributed by atoms with E-state index in [0.29, 0.717) is 0 Å². The van der Waals surface area contributed by atoms with Crippen LogP contribution in [-0.2, 0) is 4.74 Å². The van der Waals surface area contributed by atoms with E-state index in [1.807, 2.05) is 0 Å². The van der Waals surface area contributed by atoms with Crippen LogP contribution in [0.5, 0.6) is 0 Å². The molecule has 92 valence electrons. The molecule has 0 atom stereocenters. The molecule has 0 aliphatic heterocycles. The molecule has 4 fully saturated rings. The summed E-state index contributed by atoms with van der Waals surface area (Å²) in [7, 11) is 0. The molecule has 0 spiro atoms. The molecule has 4 aliphatic rings. The first kappa shape index (κ1) is 10.9. The summed E-state index contributed by atoms with van der Waals surface area (Å²) in [5.74, 6) is 2.42. The van der Waals surface area contributed by atoms with E-state index in [4.69, 9.17) is 4.74 Å². The van der Waals surface area contributed by atoms with Crippen LogP contribution < -0.4 is 0 Å². The second-order valence-electron chi connectivity index (χ2n) is 6.51. The molecule has 1 nitrogen and oxygen atoms in total. The lowest BCUT2D eigenvalue weighted by Crippen LogP contribution is -2.48. The molecule has 0 aromatic heterocycles. The molecule has 4 bridgehead atoms. The lowest BCUT2D eigenvalue weighted by atomic mass is 9.50. The van der Waals surface area contributed by atoms with Gasteiger partial charge in [0.1, 0.15) is 0 Å². The summed E-state index contributed by atoms with van der Waals surface area (Å²) in [6, 6.07) is 0. The second-order valence-corrected chi connectivity index (χ2v) is 6.51. The Kier molecular flexibility index (Phi) is 2.33. The van der Waals surface area contributed by atoms with Crippen molar-refractivity contribution < 1.29 is 13.5 Å². The van der Waals surface area contributed by atoms with E-state index in [1.165, 1.54) is 19.3 Å². The van der Waals surface area contributed by atoms with Crippen LogP contribution in [0.15, 0.2) is 0 Å². The molecule has 0 radical (unpaired) electrons. The van der Waals surface area contributed by atoms with Crippen LogP contribution in [0.2, 0.25) is 0 Å². The highest BCUT2D eigenvalue weighted by Gasteiger charge is 2.51. The summed E-state index contributed by atoms with van der Waals surface area (Å²) in [4.78, 5) is 0. The van der Waals surface area contributed by atoms with E-state index in [0.717, 1.165) is 43.9 Å². The predicted molar refractivity (Wildman–Crippen MR) is 57.2 cm³/mol. The average molecular weight is 230 g/mol. The van der Waals surface area contributed by atoms with Crippen molar-refractivity contribution in [3.8, 4) is 0 Å². The monoisotopic (exact) mass is 230 g/mol. The molecule has 0 aromatic rings. The van der Waals surface area contributed by atoms with Crippen LogP contribution in [-0.4, -0.2) is 12.7 Å². The fourth-order valence-corrected chi connectivity index (χ4v) is 4.75. The van der Waals surface area contributed by atoms with E-state index in [9.17, 15) is 8.78 Å². The highest BCUT2D eigenvalue weighted by Crippen LogP contribution is 2.60. The van der Waals surface area contributed by atoms with E-state index in [-0.39, 0.29) is 12.0 Å². The summed E-state index contributed by atoms with van der Waals surface area (Å²) in [6.45, 7) is 1.13. The SMILES string of the molecule is CC(F)(F)OCC12CC3CC(CC(C3)C1)C2. The van der Waals surface area contributed by atoms with Gasteiger partial charge in [0.05, 0.1) is 6.61 Å². The summed E-state index contributed by atoms with van der Waals surface area (Å²) in [5, 5.41) is 0. The number of halogens is 2. The van der Waals surface area contributed by atoms with Crippen LogP contribution in [0.25, 0.3) is 0 Å². The number of rotatable bonds is 3. The highest BCUT2D eigenvalue weighted by molar-refractivity contribution is 5.01. The fourth-order valence-electron chi connectivity index (χ4n) is 4.75. The third kappa shape index (κ3) is 1.99. The molecular formula is C13H20F2O. The first-order valence-corrected chi connectivity index (χ1v) is 6.46. The van der Waals surface area contributed by atoms with Crippen molar-refractivity contribution >= 4 is 0 Å². The largest absolute Gasteiger partial charge is 0.352 e. The Hall–Kier alpha value is -0.180. The second kappa shape index (κ2) is 3.41. The van der Waals surface area contributed by atoms with Crippen LogP contribution in [0, 0.1) is 23.2 Å². The zero-order chi connectivity index (χ0) is 11.4. The van der Waals surface area contributed by atoms with Gasteiger partial charge in [0.2, 0.25) is 0 Å². The van der Waals surface area contributed by atoms with Crippen molar-refractivity contribution in [3.05, 3.63) is 0 Å². The van der Waals surface area contributed by atoms with E-state index in [1.54, 1.807) is 0 Å². The maximum absolute atomic E-state index is 12.8. The Morgan fingerprint density at radius 1 is 1.06 bits per heavy atom. The third-order valence-electron chi connectivity index (χ3n) is 4.80. The topological polar surface area (TPSA) is 9.23 Å². The first-order valence-electron chi connectivity index (χ1n) is 6.46. The number of ether oxygens (including phenoxy) is 1. The molecule has 4 aliphatic carbocycles. The summed E-state index contributed by atoms with van der Waals surface area (Å²) < 4.78 is 30.4. The van der Waals surface area contributed by atoms with E-state index in [2.05, 4.69) is 0 Å². The molecule has 0 N–H and O–H groups in total. The number of hydrogen-bond donors (Lipinski definition) is 0. The van der Waals surface area contributed by atoms with E-state index < -0.39 is 6.11 Å². The van der Waals surface area contributed by atoms with Crippen LogP contribution in [0.1, 0.15) is 45.4 Å². The van der Waals surface area contributed by atoms with Gasteiger partial charge in [-0.15, -0.1) is 0 Å². The van der Waals surface area contributed by atoms with Crippen molar-refractivity contribution in [2.45, 2.75) is 51.6 Å². The minimum atomic E-state index is -2.96. The minimum absolute atomic E-state index is 0.105. The average Bonchev–Trinajstić information content (AvgIpc) is 2.11. The molecule has 16 heavy (non-hydrogen) atoms. The van der Waals surface area contributed by atoms with Crippen molar-refractivity contribution in [2.24, 2.45) is 23.2 Å². The third-order valence-corrected chi connectivity index (χ3v) is 4.80. The lowest BCUT2D eigenvalue weighted by Gasteiger charge is -2.56. The van der Waals surface area contributed by atoms with Gasteiger partial charge in [-0.3, -0.25) is 0 Å². The fraction of sp³-hybridized carbons (Fsp3) is 1.00. The normalized spacial score (nSPS) is 46.3. The quantitative estimate of drug-likeness (QED) is 0.716. The summed E-state index contributed by atoms with van der Waals surface area (Å²) in [5.41, 5.74) is 0.105. The van der Waals surface area contributed by atoms with Gasteiger partial charge in [0.15, 0.2) is 0 Å². The van der Waals surface area contributed by atoms with Gasteiger partial charge in [-0.1, -0.05) is 0 Å². The molecule has 4 saturated carbocycles. The summed E-state index contributed by atoms with van der Waals surface area (Å²) in [6.07, 6.45) is 4.49. The minimum Gasteiger partial charge on any atom is -0.320 e. The molecule has 0 heterocycles. The van der Waals surface area contributed by atoms with Gasteiger partial charge in [-0.05, 0) is 61.7 Å². The van der Waals surface area contributed by atoms with Gasteiger partial charge >= 0.3 is 6.11 Å². The zero-order valence-electron chi connectivity index (χ0n) is 9.85. The van der Waals surface area contributed by atoms with Crippen molar-refractivity contribution in [1.82, 2.24) is 0 Å². The Bertz CT molecular complexity index is 247. The first-order chi connectivity index (χ1) is 7.44. The highest BCUT2D eigenvalue weighted by atomic mass is 19.3. The van der Waals surface area contributed by atoms with Crippen molar-refractivity contribution in [3.63, 3.8) is 0 Å². The van der Waals surface area contributed by atoms with E-state index >= 15 is 0 Å². The van der Waals surface area contributed by atoms with Crippen LogP contribution in [0.4, 0.5) is 8.78 Å². The molecule has 0 aromatic carbocycles. The van der Waals surface area contributed by atoms with Gasteiger partial charge in [-0.25, -0.2) is 0 Å². The van der Waals surface area contributed by atoms with Gasteiger partial charge in [0, 0.05) is 6.92 Å². The van der Waals surface area contributed by atoms with Gasteiger partial charge in [0.25, 0.3) is 0 Å². The Labute approximate surface area is 95.5 Å². The maximum atomic E-state index is 12.8. The molecule has 0 unspecified atom stereocenters. The van der Waals surface area contributed by atoms with Crippen LogP contribution >= 0.6 is 0 Å². The smallest absolute Gasteiger partial charge is 0.320 e. The maximum Gasteiger partial charge on any atom is 0.352 e. The van der Waals surface area contributed by atoms with Gasteiger partial charge < -0.3 is 4.74 Å². The predicted octanol–water partition coefficient (Wildman–Crippen LogP) is 3.83. The molecule has 0 saturated heterocycles. The number of hydrogen-bond acceptors (Lipinski definition) is 1. The molecule has 3 heteroatoms. The Morgan fingerprint density at radius 2 is 1.50 bits per heavy atom. The standard InChI is InChI=1S/C13H20F2O/c1-12(14,15)16-8-13-5-9-2-10(6-13)4-11(3-9)7-13/h9-11H,2-8H2,1H3. The Balaban J connectivity index is 1.69. The molecular weight excluding hydrogens is 210 g/mol. The van der Waals surface area contributed by atoms with Crippen LogP contribution in [0.3, 0.4) is 0 Å². The number of alkyl halides is 2. The summed E-state index contributed by atoms with van der Waals surface area (Å²) >= 11 is 0. The van der Waals surface area contributed by atoms with Crippen molar-refractivity contribution in [1.29, 1.82) is 0 Å². The lowest BCUT2D eigenvalue weighted by molar-refractivity contribution is -0.251.